The van der Waals surface area contributed by atoms with Gasteiger partial charge in [-0.05, 0) is 280 Å². The molecule has 0 amide bonds. The van der Waals surface area contributed by atoms with E-state index >= 15 is 0 Å². The first-order valence-electron chi connectivity index (χ1n) is 49.4. The molecule has 31 rings (SSSR count). The van der Waals surface area contributed by atoms with E-state index in [4.69, 9.17) is 24.4 Å². The molecule has 0 aliphatic heterocycles. The average molecular weight is 1830 g/mol. The summed E-state index contributed by atoms with van der Waals surface area (Å²) in [6, 6.07) is 179. The smallest absolute Gasteiger partial charge is 0.227 e. The van der Waals surface area contributed by atoms with Gasteiger partial charge in [0.05, 0.1) is 33.5 Å². The largest absolute Gasteiger partial charge is 0.435 e. The van der Waals surface area contributed by atoms with Gasteiger partial charge in [-0.1, -0.05) is 406 Å². The van der Waals surface area contributed by atoms with Crippen LogP contribution in [-0.4, -0.2) is 24.5 Å². The van der Waals surface area contributed by atoms with Gasteiger partial charge in [0.1, 0.15) is 11.3 Å². The topological polar surface area (TPSA) is 69.6 Å². The van der Waals surface area contributed by atoms with Crippen molar-refractivity contribution in [2.75, 3.05) is 0 Å². The molecule has 31 aromatic rings. The molecule has 0 bridgehead atoms. The van der Waals surface area contributed by atoms with E-state index in [0.717, 1.165) is 171 Å². The van der Waals surface area contributed by atoms with Crippen molar-refractivity contribution in [3.63, 3.8) is 0 Å². The molecule has 0 radical (unpaired) electrons. The van der Waals surface area contributed by atoms with Crippen molar-refractivity contribution in [3.8, 4) is 95.6 Å². The van der Waals surface area contributed by atoms with E-state index in [2.05, 4.69) is 496 Å². The molecular formula is C138H81N5O. The Bertz CT molecular complexity index is 10700. The van der Waals surface area contributed by atoms with Gasteiger partial charge in [-0.25, -0.2) is 19.9 Å². The zero-order valence-electron chi connectivity index (χ0n) is 77.9. The Hall–Kier alpha value is -19.1. The molecule has 0 spiro atoms. The highest BCUT2D eigenvalue weighted by molar-refractivity contribution is 6.32. The lowest BCUT2D eigenvalue weighted by Gasteiger charge is -2.17. The third-order valence-electron chi connectivity index (χ3n) is 30.6. The molecule has 0 aliphatic carbocycles. The highest BCUT2D eigenvalue weighted by atomic mass is 16.3. The molecule has 0 aliphatic rings. The van der Waals surface area contributed by atoms with Gasteiger partial charge in [0, 0.05) is 60.3 Å². The zero-order valence-corrected chi connectivity index (χ0v) is 77.9. The lowest BCUT2D eigenvalue weighted by molar-refractivity contribution is 0.623. The van der Waals surface area contributed by atoms with Crippen LogP contribution < -0.4 is 0 Å². The lowest BCUT2D eigenvalue weighted by atomic mass is 9.88. The second kappa shape index (κ2) is 32.2. The van der Waals surface area contributed by atoms with Crippen molar-refractivity contribution in [1.29, 1.82) is 0 Å². The fourth-order valence-corrected chi connectivity index (χ4v) is 23.9. The van der Waals surface area contributed by atoms with Crippen LogP contribution in [0.4, 0.5) is 0 Å². The number of aromatic nitrogens is 5. The number of imidazole rings is 1. The number of rotatable bonds is 9. The minimum atomic E-state index is 0.608. The third-order valence-corrected chi connectivity index (χ3v) is 30.6. The Balaban J connectivity index is 0.000000134. The van der Waals surface area contributed by atoms with E-state index in [0.29, 0.717) is 5.89 Å². The van der Waals surface area contributed by atoms with Gasteiger partial charge in [0.15, 0.2) is 5.58 Å². The van der Waals surface area contributed by atoms with Crippen LogP contribution in [0.25, 0.3) is 312 Å². The molecular weight excluding hydrogens is 1740 g/mol. The molecule has 0 saturated carbocycles. The molecule has 144 heavy (non-hydrogen) atoms. The number of hydrogen-bond acceptors (Lipinski definition) is 5. The van der Waals surface area contributed by atoms with Crippen molar-refractivity contribution in [1.82, 2.24) is 24.5 Å². The lowest BCUT2D eigenvalue weighted by Crippen LogP contribution is -1.97. The fraction of sp³-hybridized carbons (Fsp3) is 0. The van der Waals surface area contributed by atoms with E-state index in [1.807, 2.05) is 0 Å². The van der Waals surface area contributed by atoms with Gasteiger partial charge in [-0.15, -0.1) is 0 Å². The van der Waals surface area contributed by atoms with Gasteiger partial charge < -0.3 is 4.42 Å². The van der Waals surface area contributed by atoms with E-state index in [-0.39, 0.29) is 0 Å². The van der Waals surface area contributed by atoms with E-state index in [9.17, 15) is 0 Å². The number of pyridine rings is 2. The summed E-state index contributed by atoms with van der Waals surface area (Å²) in [5, 5.41) is 41.3. The van der Waals surface area contributed by atoms with E-state index in [1.54, 1.807) is 0 Å². The maximum absolute atomic E-state index is 6.69. The number of para-hydroxylation sites is 3. The second-order valence-electron chi connectivity index (χ2n) is 38.3. The van der Waals surface area contributed by atoms with E-state index in [1.165, 1.54) is 135 Å². The van der Waals surface area contributed by atoms with Crippen LogP contribution in [0.1, 0.15) is 0 Å². The van der Waals surface area contributed by atoms with Gasteiger partial charge >= 0.3 is 0 Å². The van der Waals surface area contributed by atoms with Gasteiger partial charge in [-0.3, -0.25) is 4.57 Å². The first kappa shape index (κ1) is 80.9. The number of fused-ring (bicyclic) bond motifs is 37. The normalized spacial score (nSPS) is 12.0. The SMILES string of the molecule is c1ccc(-n2c(-c3ccc(-c4cc5c(-c6ccc7c8ccccc8c8ccccc8c7c6)cc(-c6ccc7c8ccccc8c8ccccc8c7c6)nc5c5ccccc45)cc3)nc3ccccc32)cc1.c1ccc2c(c1)c(-c1ccc(-c3nc4c5ccccc5c5ccccc5c4o3)cc1)cc1c(-c3ccc4c5ccccc5c5ccccc5c4c3)cc(-c3ccc4c5ccccc5c5ccccc5c4c3)nc12. The predicted molar refractivity (Wildman–Crippen MR) is 609 cm³/mol. The van der Waals surface area contributed by atoms with Crippen molar-refractivity contribution < 1.29 is 4.42 Å². The first-order chi connectivity index (χ1) is 71.4. The summed E-state index contributed by atoms with van der Waals surface area (Å²) in [7, 11) is 0. The van der Waals surface area contributed by atoms with Crippen LogP contribution >= 0.6 is 0 Å². The number of benzene rings is 27. The molecule has 0 unspecified atom stereocenters. The highest BCUT2D eigenvalue weighted by Gasteiger charge is 2.26. The standard InChI is InChI=1S/C70H40N2O.C68H41N3/c1-3-19-49-45(15-1)47-17-5-7-23-53(47)63-37-43(33-35-56(49)63)62-40-66(44-34-36-57-50-20-4-2-16-46(50)48-18-6-8-24-54(48)64(57)38-44)71-67-58-26-12-10-25-55(58)61(39-65(62)67)41-29-31-42(32-30-41)70-72-68-59-27-13-9-21-51(59)52-22-11-14-28-60(52)69(68)73-70;1-2-16-46(17-3-1)71-66-29-15-14-28-64(66)70-68(71)43-32-30-42(31-33-43)59-40-63-60(44-34-36-56-51-22-6-4-18-47(51)49-20-8-10-24-53(49)61(56)38-44)41-65(69-67(63)58-27-13-12-26-55(58)59)45-35-37-57-52-23-7-5-19-48(52)50-21-9-11-25-54(50)62(57)39-45/h1-40H;1-41H. The van der Waals surface area contributed by atoms with Crippen LogP contribution in [0, 0.1) is 0 Å². The third kappa shape index (κ3) is 12.6. The fourth-order valence-electron chi connectivity index (χ4n) is 23.9. The maximum Gasteiger partial charge on any atom is 0.227 e. The minimum Gasteiger partial charge on any atom is -0.435 e. The number of hydrogen-bond donors (Lipinski definition) is 0. The average Bonchev–Trinajstić information content (AvgIpc) is 1.04. The van der Waals surface area contributed by atoms with Crippen molar-refractivity contribution in [2.24, 2.45) is 0 Å². The van der Waals surface area contributed by atoms with Gasteiger partial charge in [-0.2, -0.15) is 0 Å². The zero-order chi connectivity index (χ0) is 94.3. The summed E-state index contributed by atoms with van der Waals surface area (Å²) in [4.78, 5) is 21.7. The Kier molecular flexibility index (Phi) is 18.1. The quantitative estimate of drug-likeness (QED) is 0.135. The van der Waals surface area contributed by atoms with Crippen LogP contribution in [0.3, 0.4) is 0 Å². The maximum atomic E-state index is 6.69. The van der Waals surface area contributed by atoms with Crippen LogP contribution in [0.15, 0.2) is 496 Å². The summed E-state index contributed by atoms with van der Waals surface area (Å²) in [6.45, 7) is 0. The summed E-state index contributed by atoms with van der Waals surface area (Å²) >= 11 is 0. The highest BCUT2D eigenvalue weighted by Crippen LogP contribution is 2.50. The second-order valence-corrected chi connectivity index (χ2v) is 38.3. The monoisotopic (exact) mass is 1820 g/mol. The number of oxazole rings is 1. The Morgan fingerprint density at radius 3 is 0.785 bits per heavy atom. The summed E-state index contributed by atoms with van der Waals surface area (Å²) in [5.41, 5.74) is 21.9. The van der Waals surface area contributed by atoms with E-state index < -0.39 is 0 Å². The van der Waals surface area contributed by atoms with Gasteiger partial charge in [0.25, 0.3) is 0 Å². The number of nitrogens with zero attached hydrogens (tertiary/aromatic N) is 5. The molecule has 0 atom stereocenters. The van der Waals surface area contributed by atoms with Gasteiger partial charge in [0.2, 0.25) is 5.89 Å². The molecule has 6 heteroatoms. The molecule has 4 heterocycles. The first-order valence-corrected chi connectivity index (χ1v) is 49.4. The molecule has 0 N–H and O–H groups in total. The predicted octanol–water partition coefficient (Wildman–Crippen LogP) is 37.7. The molecule has 664 valence electrons. The Morgan fingerprint density at radius 1 is 0.153 bits per heavy atom. The molecule has 27 aromatic carbocycles. The van der Waals surface area contributed by atoms with Crippen LogP contribution in [-0.2, 0) is 0 Å². The molecule has 4 aromatic heterocycles. The van der Waals surface area contributed by atoms with Crippen LogP contribution in [0.5, 0.6) is 0 Å². The van der Waals surface area contributed by atoms with Crippen molar-refractivity contribution in [3.05, 3.63) is 491 Å². The summed E-state index contributed by atoms with van der Waals surface area (Å²) < 4.78 is 8.95. The summed E-state index contributed by atoms with van der Waals surface area (Å²) in [5.74, 6) is 1.52. The summed E-state index contributed by atoms with van der Waals surface area (Å²) in [6.07, 6.45) is 0. The Morgan fingerprint density at radius 2 is 0.410 bits per heavy atom. The molecule has 0 saturated heterocycles. The van der Waals surface area contributed by atoms with Crippen molar-refractivity contribution in [2.45, 2.75) is 0 Å². The van der Waals surface area contributed by atoms with Crippen LogP contribution in [0.2, 0.25) is 0 Å². The Labute approximate surface area is 826 Å². The van der Waals surface area contributed by atoms with Crippen molar-refractivity contribution >= 4 is 216 Å². The molecule has 0 fully saturated rings. The molecule has 6 nitrogen and oxygen atoms in total. The minimum absolute atomic E-state index is 0.608.